The van der Waals surface area contributed by atoms with Crippen LogP contribution in [0.2, 0.25) is 0 Å². The van der Waals surface area contributed by atoms with Crippen molar-refractivity contribution in [3.63, 3.8) is 0 Å². The summed E-state index contributed by atoms with van der Waals surface area (Å²) >= 11 is 0. The summed E-state index contributed by atoms with van der Waals surface area (Å²) < 4.78 is 5.34. The Balaban J connectivity index is 2.33. The topological polar surface area (TPSA) is 87.0 Å². The van der Waals surface area contributed by atoms with Gasteiger partial charge in [0.25, 0.3) is 0 Å². The van der Waals surface area contributed by atoms with Crippen LogP contribution in [-0.2, 0) is 12.8 Å². The Kier molecular flexibility index (Phi) is 5.68. The summed E-state index contributed by atoms with van der Waals surface area (Å²) in [5.41, 5.74) is 1.42. The van der Waals surface area contributed by atoms with Crippen molar-refractivity contribution in [2.45, 2.75) is 39.5 Å². The maximum atomic E-state index is 12.5. The van der Waals surface area contributed by atoms with Crippen molar-refractivity contribution in [1.82, 2.24) is 0 Å². The lowest BCUT2D eigenvalue weighted by Gasteiger charge is -2.12. The van der Waals surface area contributed by atoms with E-state index in [2.05, 4.69) is 0 Å². The summed E-state index contributed by atoms with van der Waals surface area (Å²) in [5.74, 6) is -0.901. The molecule has 3 N–H and O–H groups in total. The Hall–Kier alpha value is -2.69. The van der Waals surface area contributed by atoms with Gasteiger partial charge in [-0.3, -0.25) is 0 Å². The Bertz CT molecular complexity index is 737. The predicted molar refractivity (Wildman–Crippen MR) is 90.8 cm³/mol. The summed E-state index contributed by atoms with van der Waals surface area (Å²) in [5, 5.41) is 29.4. The molecule has 0 saturated carbocycles. The number of phenolic OH excluding ortho intramolecular Hbond substituents is 3. The van der Waals surface area contributed by atoms with Crippen LogP contribution in [0.1, 0.15) is 48.2 Å². The van der Waals surface area contributed by atoms with Crippen LogP contribution in [0, 0.1) is 0 Å². The fraction of sp³-hybridized carbons (Fsp3) is 0.316. The number of aromatic hydroxyl groups is 3. The number of ether oxygens (including phenoxy) is 1. The summed E-state index contributed by atoms with van der Waals surface area (Å²) in [6.45, 7) is 3.95. The highest BCUT2D eigenvalue weighted by molar-refractivity contribution is 5.95. The average molecular weight is 330 g/mol. The van der Waals surface area contributed by atoms with Gasteiger partial charge in [-0.2, -0.15) is 0 Å². The molecule has 0 fully saturated rings. The maximum absolute atomic E-state index is 12.5. The highest BCUT2D eigenvalue weighted by Gasteiger charge is 2.20. The number of benzene rings is 2. The van der Waals surface area contributed by atoms with Gasteiger partial charge in [-0.25, -0.2) is 4.79 Å². The van der Waals surface area contributed by atoms with E-state index in [-0.39, 0.29) is 28.6 Å². The smallest absolute Gasteiger partial charge is 0.347 e. The van der Waals surface area contributed by atoms with Crippen LogP contribution in [0.25, 0.3) is 0 Å². The molecule has 0 aliphatic rings. The number of aryl methyl sites for hydroxylation is 2. The number of rotatable bonds is 6. The first-order valence-electron chi connectivity index (χ1n) is 8.04. The van der Waals surface area contributed by atoms with E-state index in [1.165, 1.54) is 12.1 Å². The first kappa shape index (κ1) is 17.7. The molecule has 0 aliphatic heterocycles. The second-order valence-corrected chi connectivity index (χ2v) is 5.72. The minimum Gasteiger partial charge on any atom is -0.508 e. The molecule has 2 rings (SSSR count). The number of carbonyl (C=O) groups is 1. The molecule has 0 amide bonds. The van der Waals surface area contributed by atoms with Crippen LogP contribution < -0.4 is 4.74 Å². The second-order valence-electron chi connectivity index (χ2n) is 5.72. The minimum absolute atomic E-state index is 0.0208. The summed E-state index contributed by atoms with van der Waals surface area (Å²) in [7, 11) is 0. The van der Waals surface area contributed by atoms with Crippen LogP contribution >= 0.6 is 0 Å². The maximum Gasteiger partial charge on any atom is 0.347 e. The molecule has 24 heavy (non-hydrogen) atoms. The third-order valence-electron chi connectivity index (χ3n) is 3.61. The van der Waals surface area contributed by atoms with Gasteiger partial charge in [0.05, 0.1) is 0 Å². The molecule has 0 spiro atoms. The van der Waals surface area contributed by atoms with Crippen LogP contribution in [0.15, 0.2) is 30.3 Å². The molecule has 2 aromatic rings. The van der Waals surface area contributed by atoms with E-state index >= 15 is 0 Å². The van der Waals surface area contributed by atoms with Crippen molar-refractivity contribution in [1.29, 1.82) is 0 Å². The highest BCUT2D eigenvalue weighted by Crippen LogP contribution is 2.30. The predicted octanol–water partition coefficient (Wildman–Crippen LogP) is 3.93. The Morgan fingerprint density at radius 3 is 2.25 bits per heavy atom. The minimum atomic E-state index is -0.719. The number of esters is 1. The van der Waals surface area contributed by atoms with Crippen molar-refractivity contribution < 1.29 is 24.9 Å². The summed E-state index contributed by atoms with van der Waals surface area (Å²) in [4.78, 5) is 12.5. The molecule has 0 saturated heterocycles. The molecule has 0 atom stereocenters. The summed E-state index contributed by atoms with van der Waals surface area (Å²) in [6.07, 6.45) is 2.92. The monoisotopic (exact) mass is 330 g/mol. The lowest BCUT2D eigenvalue weighted by molar-refractivity contribution is 0.0730. The fourth-order valence-electron chi connectivity index (χ4n) is 2.66. The number of carbonyl (C=O) groups excluding carboxylic acids is 1. The van der Waals surface area contributed by atoms with Gasteiger partial charge in [-0.15, -0.1) is 0 Å². The molecular weight excluding hydrogens is 308 g/mol. The fourth-order valence-corrected chi connectivity index (χ4v) is 2.66. The van der Waals surface area contributed by atoms with E-state index < -0.39 is 5.97 Å². The van der Waals surface area contributed by atoms with Crippen molar-refractivity contribution in [2.75, 3.05) is 0 Å². The van der Waals surface area contributed by atoms with Crippen molar-refractivity contribution in [3.8, 4) is 23.0 Å². The van der Waals surface area contributed by atoms with Crippen molar-refractivity contribution in [3.05, 3.63) is 47.0 Å². The van der Waals surface area contributed by atoms with Gasteiger partial charge in [0.1, 0.15) is 28.6 Å². The van der Waals surface area contributed by atoms with Crippen LogP contribution in [-0.4, -0.2) is 21.3 Å². The lowest BCUT2D eigenvalue weighted by atomic mass is 10.0. The number of hydrogen-bond donors (Lipinski definition) is 3. The van der Waals surface area contributed by atoms with E-state index in [0.29, 0.717) is 12.0 Å². The molecule has 0 unspecified atom stereocenters. The molecular formula is C19H22O5. The van der Waals surface area contributed by atoms with Crippen LogP contribution in [0.3, 0.4) is 0 Å². The number of hydrogen-bond acceptors (Lipinski definition) is 5. The van der Waals surface area contributed by atoms with Gasteiger partial charge in [-0.1, -0.05) is 26.7 Å². The quantitative estimate of drug-likeness (QED) is 0.552. The zero-order valence-electron chi connectivity index (χ0n) is 13.9. The zero-order valence-corrected chi connectivity index (χ0v) is 13.9. The first-order valence-corrected chi connectivity index (χ1v) is 8.04. The van der Waals surface area contributed by atoms with E-state index in [4.69, 9.17) is 4.74 Å². The van der Waals surface area contributed by atoms with Gasteiger partial charge in [-0.05, 0) is 42.2 Å². The Morgan fingerprint density at radius 2 is 1.58 bits per heavy atom. The Morgan fingerprint density at radius 1 is 0.917 bits per heavy atom. The molecule has 0 bridgehead atoms. The third-order valence-corrected chi connectivity index (χ3v) is 3.61. The van der Waals surface area contributed by atoms with Gasteiger partial charge in [0.2, 0.25) is 0 Å². The van der Waals surface area contributed by atoms with Gasteiger partial charge >= 0.3 is 5.97 Å². The van der Waals surface area contributed by atoms with E-state index in [0.717, 1.165) is 30.9 Å². The Labute approximate surface area is 141 Å². The first-order chi connectivity index (χ1) is 11.4. The molecule has 2 aromatic carbocycles. The van der Waals surface area contributed by atoms with Gasteiger partial charge in [0, 0.05) is 12.1 Å². The van der Waals surface area contributed by atoms with Gasteiger partial charge < -0.3 is 20.1 Å². The molecule has 0 heterocycles. The van der Waals surface area contributed by atoms with E-state index in [9.17, 15) is 20.1 Å². The number of phenols is 3. The molecule has 0 aliphatic carbocycles. The van der Waals surface area contributed by atoms with Crippen molar-refractivity contribution >= 4 is 5.97 Å². The normalized spacial score (nSPS) is 10.6. The van der Waals surface area contributed by atoms with E-state index in [1.807, 2.05) is 13.8 Å². The zero-order chi connectivity index (χ0) is 17.7. The highest BCUT2D eigenvalue weighted by atomic mass is 16.5. The molecule has 5 nitrogen and oxygen atoms in total. The average Bonchev–Trinajstić information content (AvgIpc) is 2.46. The van der Waals surface area contributed by atoms with Crippen LogP contribution in [0.4, 0.5) is 0 Å². The van der Waals surface area contributed by atoms with E-state index in [1.54, 1.807) is 12.1 Å². The third kappa shape index (κ3) is 4.19. The molecule has 5 heteroatoms. The molecule has 0 radical (unpaired) electrons. The summed E-state index contributed by atoms with van der Waals surface area (Å²) in [6, 6.07) is 7.24. The lowest BCUT2D eigenvalue weighted by Crippen LogP contribution is -2.12. The second kappa shape index (κ2) is 7.73. The van der Waals surface area contributed by atoms with Crippen LogP contribution in [0.5, 0.6) is 23.0 Å². The molecule has 128 valence electrons. The standard InChI is InChI=1S/C19H22O5/c1-3-5-12-7-14(20)10-16(8-12)24-19(23)18-13(6-4-2)9-15(21)11-17(18)22/h7-11,20-22H,3-6H2,1-2H3. The van der Waals surface area contributed by atoms with Crippen molar-refractivity contribution in [2.24, 2.45) is 0 Å². The SMILES string of the molecule is CCCc1cc(O)cc(OC(=O)c2c(O)cc(O)cc2CCC)c1. The van der Waals surface area contributed by atoms with Gasteiger partial charge in [0.15, 0.2) is 0 Å². The molecule has 0 aromatic heterocycles. The largest absolute Gasteiger partial charge is 0.508 e.